The van der Waals surface area contributed by atoms with Gasteiger partial charge in [0.1, 0.15) is 5.75 Å². The Hall–Kier alpha value is -1.22. The topological polar surface area (TPSA) is 57.5 Å². The lowest BCUT2D eigenvalue weighted by Gasteiger charge is -2.12. The van der Waals surface area contributed by atoms with Crippen molar-refractivity contribution in [3.05, 3.63) is 28.3 Å². The third-order valence-electron chi connectivity index (χ3n) is 2.40. The molecule has 82 valence electrons. The summed E-state index contributed by atoms with van der Waals surface area (Å²) in [7, 11) is 0. The fraction of sp³-hybridized carbons (Fsp3) is 0.364. The molecule has 0 bridgehead atoms. The fourth-order valence-electron chi connectivity index (χ4n) is 1.36. The standard InChI is InChI=1S/C11H13ClO3/c1-6-3-4-9(12)10(13)8(6)5-7(2)11(14)15/h3-4,7,13H,5H2,1-2H3,(H,14,15). The summed E-state index contributed by atoms with van der Waals surface area (Å²) in [5.41, 5.74) is 1.46. The number of phenolic OH excluding ortho intramolecular Hbond substituents is 1. The van der Waals surface area contributed by atoms with E-state index in [1.165, 1.54) is 0 Å². The number of benzene rings is 1. The van der Waals surface area contributed by atoms with E-state index in [-0.39, 0.29) is 17.2 Å². The average molecular weight is 229 g/mol. The van der Waals surface area contributed by atoms with Crippen molar-refractivity contribution in [1.29, 1.82) is 0 Å². The van der Waals surface area contributed by atoms with E-state index >= 15 is 0 Å². The van der Waals surface area contributed by atoms with Crippen molar-refractivity contribution in [2.45, 2.75) is 20.3 Å². The molecule has 15 heavy (non-hydrogen) atoms. The van der Waals surface area contributed by atoms with Gasteiger partial charge in [0.15, 0.2) is 0 Å². The van der Waals surface area contributed by atoms with Crippen molar-refractivity contribution in [1.82, 2.24) is 0 Å². The normalized spacial score (nSPS) is 12.5. The summed E-state index contributed by atoms with van der Waals surface area (Å²) in [5.74, 6) is -1.42. The van der Waals surface area contributed by atoms with Gasteiger partial charge in [0.25, 0.3) is 0 Å². The number of aromatic hydroxyl groups is 1. The highest BCUT2D eigenvalue weighted by atomic mass is 35.5. The maximum atomic E-state index is 10.7. The van der Waals surface area contributed by atoms with Crippen LogP contribution in [0.3, 0.4) is 0 Å². The van der Waals surface area contributed by atoms with Crippen LogP contribution in [0.2, 0.25) is 5.02 Å². The first-order valence-corrected chi connectivity index (χ1v) is 5.01. The van der Waals surface area contributed by atoms with Gasteiger partial charge in [-0.3, -0.25) is 4.79 Å². The van der Waals surface area contributed by atoms with Crippen LogP contribution in [-0.4, -0.2) is 16.2 Å². The van der Waals surface area contributed by atoms with Crippen LogP contribution in [-0.2, 0) is 11.2 Å². The lowest BCUT2D eigenvalue weighted by molar-refractivity contribution is -0.141. The molecule has 0 saturated carbocycles. The number of carboxylic acid groups (broad SMARTS) is 1. The molecule has 1 unspecified atom stereocenters. The molecule has 0 aromatic heterocycles. The second-order valence-electron chi connectivity index (χ2n) is 3.63. The van der Waals surface area contributed by atoms with Gasteiger partial charge >= 0.3 is 5.97 Å². The molecule has 0 aliphatic heterocycles. The van der Waals surface area contributed by atoms with Crippen LogP contribution in [0.4, 0.5) is 0 Å². The number of carboxylic acids is 1. The van der Waals surface area contributed by atoms with Crippen LogP contribution < -0.4 is 0 Å². The maximum absolute atomic E-state index is 10.7. The van der Waals surface area contributed by atoms with Crippen molar-refractivity contribution < 1.29 is 15.0 Å². The predicted octanol–water partition coefficient (Wildman–Crippen LogP) is 2.62. The molecular weight excluding hydrogens is 216 g/mol. The van der Waals surface area contributed by atoms with E-state index in [1.54, 1.807) is 19.1 Å². The van der Waals surface area contributed by atoms with Gasteiger partial charge in [-0.15, -0.1) is 0 Å². The molecule has 0 amide bonds. The minimum atomic E-state index is -0.881. The van der Waals surface area contributed by atoms with Gasteiger partial charge in [-0.1, -0.05) is 24.6 Å². The summed E-state index contributed by atoms with van der Waals surface area (Å²) in [5, 5.41) is 18.7. The van der Waals surface area contributed by atoms with Gasteiger partial charge in [0.05, 0.1) is 10.9 Å². The number of rotatable bonds is 3. The number of phenols is 1. The highest BCUT2D eigenvalue weighted by Gasteiger charge is 2.16. The van der Waals surface area contributed by atoms with E-state index in [4.69, 9.17) is 16.7 Å². The van der Waals surface area contributed by atoms with Crippen molar-refractivity contribution in [2.75, 3.05) is 0 Å². The number of aliphatic carboxylic acids is 1. The first kappa shape index (κ1) is 11.9. The van der Waals surface area contributed by atoms with E-state index in [2.05, 4.69) is 0 Å². The van der Waals surface area contributed by atoms with Crippen LogP contribution in [0.1, 0.15) is 18.1 Å². The molecule has 1 rings (SSSR count). The summed E-state index contributed by atoms with van der Waals surface area (Å²) >= 11 is 5.75. The minimum Gasteiger partial charge on any atom is -0.506 e. The molecule has 2 N–H and O–H groups in total. The second-order valence-corrected chi connectivity index (χ2v) is 4.04. The van der Waals surface area contributed by atoms with Gasteiger partial charge in [0.2, 0.25) is 0 Å². The summed E-state index contributed by atoms with van der Waals surface area (Å²) in [6.45, 7) is 3.42. The molecule has 0 saturated heterocycles. The number of aryl methyl sites for hydroxylation is 1. The van der Waals surface area contributed by atoms with Crippen molar-refractivity contribution in [2.24, 2.45) is 5.92 Å². The second kappa shape index (κ2) is 4.53. The van der Waals surface area contributed by atoms with Crippen molar-refractivity contribution in [3.63, 3.8) is 0 Å². The molecule has 0 radical (unpaired) electrons. The maximum Gasteiger partial charge on any atom is 0.306 e. The Labute approximate surface area is 93.3 Å². The molecular formula is C11H13ClO3. The monoisotopic (exact) mass is 228 g/mol. The van der Waals surface area contributed by atoms with E-state index in [0.29, 0.717) is 5.56 Å². The largest absolute Gasteiger partial charge is 0.506 e. The summed E-state index contributed by atoms with van der Waals surface area (Å²) in [6.07, 6.45) is 0.285. The van der Waals surface area contributed by atoms with Crippen LogP contribution in [0.15, 0.2) is 12.1 Å². The molecule has 0 spiro atoms. The van der Waals surface area contributed by atoms with E-state index in [0.717, 1.165) is 5.56 Å². The number of carbonyl (C=O) groups is 1. The third kappa shape index (κ3) is 2.63. The first-order chi connectivity index (χ1) is 6.93. The Morgan fingerprint density at radius 1 is 1.53 bits per heavy atom. The highest BCUT2D eigenvalue weighted by Crippen LogP contribution is 2.31. The van der Waals surface area contributed by atoms with Crippen LogP contribution in [0, 0.1) is 12.8 Å². The average Bonchev–Trinajstić information content (AvgIpc) is 2.18. The van der Waals surface area contributed by atoms with Crippen LogP contribution in [0.5, 0.6) is 5.75 Å². The molecule has 4 heteroatoms. The zero-order valence-corrected chi connectivity index (χ0v) is 9.38. The third-order valence-corrected chi connectivity index (χ3v) is 2.70. The Morgan fingerprint density at radius 3 is 2.67 bits per heavy atom. The van der Waals surface area contributed by atoms with Gasteiger partial charge < -0.3 is 10.2 Å². The van der Waals surface area contributed by atoms with Gasteiger partial charge in [-0.05, 0) is 30.5 Å². The Kier molecular flexibility index (Phi) is 3.58. The van der Waals surface area contributed by atoms with Gasteiger partial charge in [-0.2, -0.15) is 0 Å². The minimum absolute atomic E-state index is 0.00948. The Morgan fingerprint density at radius 2 is 2.13 bits per heavy atom. The molecule has 1 aromatic carbocycles. The summed E-state index contributed by atoms with van der Waals surface area (Å²) in [4.78, 5) is 10.7. The smallest absolute Gasteiger partial charge is 0.306 e. The quantitative estimate of drug-likeness (QED) is 0.836. The van der Waals surface area contributed by atoms with Gasteiger partial charge in [0, 0.05) is 0 Å². The first-order valence-electron chi connectivity index (χ1n) is 4.63. The predicted molar refractivity (Wildman–Crippen MR) is 58.4 cm³/mol. The number of hydrogen-bond donors (Lipinski definition) is 2. The zero-order chi connectivity index (χ0) is 11.6. The van der Waals surface area contributed by atoms with Crippen molar-refractivity contribution >= 4 is 17.6 Å². The van der Waals surface area contributed by atoms with E-state index < -0.39 is 11.9 Å². The van der Waals surface area contributed by atoms with Crippen LogP contribution >= 0.6 is 11.6 Å². The zero-order valence-electron chi connectivity index (χ0n) is 8.62. The molecule has 1 aromatic rings. The Bertz CT molecular complexity index is 388. The fourth-order valence-corrected chi connectivity index (χ4v) is 1.54. The molecule has 0 aliphatic rings. The van der Waals surface area contributed by atoms with Crippen molar-refractivity contribution in [3.8, 4) is 5.75 Å². The molecule has 0 aliphatic carbocycles. The molecule has 1 atom stereocenters. The lowest BCUT2D eigenvalue weighted by atomic mass is 9.97. The summed E-state index contributed by atoms with van der Waals surface area (Å²) < 4.78 is 0. The highest BCUT2D eigenvalue weighted by molar-refractivity contribution is 6.32. The number of halogens is 1. The summed E-state index contributed by atoms with van der Waals surface area (Å²) in [6, 6.07) is 3.37. The molecule has 3 nitrogen and oxygen atoms in total. The van der Waals surface area contributed by atoms with Gasteiger partial charge in [-0.25, -0.2) is 0 Å². The van der Waals surface area contributed by atoms with Crippen LogP contribution in [0.25, 0.3) is 0 Å². The molecule has 0 fully saturated rings. The number of hydrogen-bond acceptors (Lipinski definition) is 2. The van der Waals surface area contributed by atoms with E-state index in [1.807, 2.05) is 6.92 Å². The lowest BCUT2D eigenvalue weighted by Crippen LogP contribution is -2.13. The Balaban J connectivity index is 3.03. The van der Waals surface area contributed by atoms with E-state index in [9.17, 15) is 9.90 Å². The SMILES string of the molecule is Cc1ccc(Cl)c(O)c1CC(C)C(=O)O. The molecule has 0 heterocycles.